The highest BCUT2D eigenvalue weighted by atomic mass is 32.2. The second-order valence-corrected chi connectivity index (χ2v) is 8.67. The van der Waals surface area contributed by atoms with Gasteiger partial charge in [-0.05, 0) is 55.7 Å². The van der Waals surface area contributed by atoms with Crippen molar-refractivity contribution >= 4 is 21.6 Å². The van der Waals surface area contributed by atoms with Gasteiger partial charge in [-0.3, -0.25) is 4.79 Å². The van der Waals surface area contributed by atoms with Crippen molar-refractivity contribution in [2.24, 2.45) is 0 Å². The molecule has 0 fully saturated rings. The molecule has 1 N–H and O–H groups in total. The first kappa shape index (κ1) is 20.9. The summed E-state index contributed by atoms with van der Waals surface area (Å²) >= 11 is 0. The molecule has 0 aliphatic rings. The summed E-state index contributed by atoms with van der Waals surface area (Å²) in [7, 11) is -0.601. The lowest BCUT2D eigenvalue weighted by molar-refractivity contribution is -0.116. The van der Waals surface area contributed by atoms with Crippen molar-refractivity contribution in [2.45, 2.75) is 31.6 Å². The minimum absolute atomic E-state index is 0.165. The number of carbonyl (C=O) groups is 1. The number of carbonyl (C=O) groups excluding carboxylic acids is 1. The van der Waals surface area contributed by atoms with Crippen LogP contribution in [-0.4, -0.2) is 39.3 Å². The van der Waals surface area contributed by atoms with Gasteiger partial charge in [0.15, 0.2) is 0 Å². The maximum absolute atomic E-state index is 12.4. The van der Waals surface area contributed by atoms with Gasteiger partial charge in [0.1, 0.15) is 5.75 Å². The molecule has 0 unspecified atom stereocenters. The molecule has 2 aromatic carbocycles. The Morgan fingerprint density at radius 2 is 1.78 bits per heavy atom. The number of rotatable bonds is 8. The number of amides is 1. The molecule has 146 valence electrons. The lowest BCUT2D eigenvalue weighted by Crippen LogP contribution is -2.23. The van der Waals surface area contributed by atoms with Gasteiger partial charge in [-0.15, -0.1) is 0 Å². The second-order valence-electron chi connectivity index (χ2n) is 6.51. The third-order valence-corrected chi connectivity index (χ3v) is 6.05. The minimum atomic E-state index is -3.56. The highest BCUT2D eigenvalue weighted by molar-refractivity contribution is 7.89. The summed E-state index contributed by atoms with van der Waals surface area (Å²) in [6.07, 6.45) is 0.852. The molecule has 0 saturated carbocycles. The third kappa shape index (κ3) is 5.55. The van der Waals surface area contributed by atoms with Crippen molar-refractivity contribution in [1.29, 1.82) is 0 Å². The molecular weight excluding hydrogens is 364 g/mol. The number of benzene rings is 2. The van der Waals surface area contributed by atoms with Crippen LogP contribution >= 0.6 is 0 Å². The standard InChI is InChI=1S/C20H26N2O4S/c1-15-13-18(27(24,25)22(3)4)14-19(16(15)2)21-20(23)11-8-12-26-17-9-6-5-7-10-17/h5-7,9-10,13-14H,8,11-12H2,1-4H3,(H,21,23). The largest absolute Gasteiger partial charge is 0.494 e. The van der Waals surface area contributed by atoms with E-state index in [-0.39, 0.29) is 17.2 Å². The molecule has 2 rings (SSSR count). The molecule has 2 aromatic rings. The molecule has 7 heteroatoms. The molecule has 27 heavy (non-hydrogen) atoms. The van der Waals surface area contributed by atoms with Gasteiger partial charge in [0.05, 0.1) is 11.5 Å². The Morgan fingerprint density at radius 1 is 1.11 bits per heavy atom. The zero-order valence-corrected chi connectivity index (χ0v) is 17.0. The fourth-order valence-electron chi connectivity index (χ4n) is 2.47. The van der Waals surface area contributed by atoms with Crippen LogP contribution in [0.1, 0.15) is 24.0 Å². The second kappa shape index (κ2) is 9.01. The van der Waals surface area contributed by atoms with Gasteiger partial charge in [0.25, 0.3) is 0 Å². The topological polar surface area (TPSA) is 75.7 Å². The average Bonchev–Trinajstić information content (AvgIpc) is 2.63. The van der Waals surface area contributed by atoms with Crippen molar-refractivity contribution in [3.05, 3.63) is 53.6 Å². The van der Waals surface area contributed by atoms with Crippen LogP contribution in [0.2, 0.25) is 0 Å². The lowest BCUT2D eigenvalue weighted by Gasteiger charge is -2.16. The van der Waals surface area contributed by atoms with Gasteiger partial charge in [-0.2, -0.15) is 0 Å². The number of hydrogen-bond acceptors (Lipinski definition) is 4. The van der Waals surface area contributed by atoms with Crippen LogP contribution in [0.15, 0.2) is 47.4 Å². The van der Waals surface area contributed by atoms with Crippen molar-refractivity contribution in [3.63, 3.8) is 0 Å². The molecule has 0 atom stereocenters. The predicted molar refractivity (Wildman–Crippen MR) is 107 cm³/mol. The van der Waals surface area contributed by atoms with Gasteiger partial charge >= 0.3 is 0 Å². The Morgan fingerprint density at radius 3 is 2.41 bits per heavy atom. The number of anilines is 1. The number of nitrogens with one attached hydrogen (secondary N) is 1. The van der Waals surface area contributed by atoms with Crippen LogP contribution in [0.3, 0.4) is 0 Å². The monoisotopic (exact) mass is 390 g/mol. The highest BCUT2D eigenvalue weighted by Gasteiger charge is 2.20. The first-order chi connectivity index (χ1) is 12.7. The van der Waals surface area contributed by atoms with Gasteiger partial charge < -0.3 is 10.1 Å². The van der Waals surface area contributed by atoms with E-state index in [9.17, 15) is 13.2 Å². The maximum Gasteiger partial charge on any atom is 0.242 e. The van der Waals surface area contributed by atoms with Crippen LogP contribution < -0.4 is 10.1 Å². The fourth-order valence-corrected chi connectivity index (χ4v) is 3.48. The Labute approximate surface area is 161 Å². The van der Waals surface area contributed by atoms with Crippen LogP contribution in [0, 0.1) is 13.8 Å². The number of nitrogens with zero attached hydrogens (tertiary/aromatic N) is 1. The smallest absolute Gasteiger partial charge is 0.242 e. The molecule has 0 spiro atoms. The minimum Gasteiger partial charge on any atom is -0.494 e. The molecule has 6 nitrogen and oxygen atoms in total. The van der Waals surface area contributed by atoms with E-state index >= 15 is 0 Å². The lowest BCUT2D eigenvalue weighted by atomic mass is 10.1. The Hall–Kier alpha value is -2.38. The zero-order chi connectivity index (χ0) is 20.0. The SMILES string of the molecule is Cc1cc(S(=O)(=O)N(C)C)cc(NC(=O)CCCOc2ccccc2)c1C. The molecule has 0 heterocycles. The number of hydrogen-bond donors (Lipinski definition) is 1. The zero-order valence-electron chi connectivity index (χ0n) is 16.2. The summed E-state index contributed by atoms with van der Waals surface area (Å²) in [6.45, 7) is 4.12. The first-order valence-electron chi connectivity index (χ1n) is 8.73. The van der Waals surface area contributed by atoms with Crippen molar-refractivity contribution in [3.8, 4) is 5.75 Å². The molecule has 1 amide bonds. The number of aryl methyl sites for hydroxylation is 1. The van der Waals surface area contributed by atoms with E-state index in [0.717, 1.165) is 21.2 Å². The van der Waals surface area contributed by atoms with Crippen molar-refractivity contribution in [2.75, 3.05) is 26.0 Å². The van der Waals surface area contributed by atoms with E-state index in [1.54, 1.807) is 6.07 Å². The molecular formula is C20H26N2O4S. The maximum atomic E-state index is 12.4. The Kier molecular flexibility index (Phi) is 6.98. The normalized spacial score (nSPS) is 11.4. The van der Waals surface area contributed by atoms with Crippen molar-refractivity contribution < 1.29 is 17.9 Å². The quantitative estimate of drug-likeness (QED) is 0.702. The molecule has 0 bridgehead atoms. The summed E-state index contributed by atoms with van der Waals surface area (Å²) < 4.78 is 31.5. The van der Waals surface area contributed by atoms with E-state index in [0.29, 0.717) is 18.7 Å². The Bertz CT molecular complexity index is 894. The summed E-state index contributed by atoms with van der Waals surface area (Å²) in [4.78, 5) is 12.4. The number of sulfonamides is 1. The molecule has 0 aliphatic heterocycles. The number of para-hydroxylation sites is 1. The molecule has 0 aliphatic carbocycles. The van der Waals surface area contributed by atoms with Crippen LogP contribution in [0.4, 0.5) is 5.69 Å². The van der Waals surface area contributed by atoms with Crippen LogP contribution in [0.5, 0.6) is 5.75 Å². The highest BCUT2D eigenvalue weighted by Crippen LogP contribution is 2.25. The van der Waals surface area contributed by atoms with Crippen LogP contribution in [-0.2, 0) is 14.8 Å². The van der Waals surface area contributed by atoms with E-state index in [4.69, 9.17) is 4.74 Å². The average molecular weight is 391 g/mol. The molecule has 0 saturated heterocycles. The van der Waals surface area contributed by atoms with E-state index in [1.165, 1.54) is 20.2 Å². The third-order valence-electron chi connectivity index (χ3n) is 4.25. The van der Waals surface area contributed by atoms with E-state index in [1.807, 2.05) is 44.2 Å². The fraction of sp³-hybridized carbons (Fsp3) is 0.350. The van der Waals surface area contributed by atoms with Gasteiger partial charge in [-0.25, -0.2) is 12.7 Å². The Balaban J connectivity index is 1.99. The van der Waals surface area contributed by atoms with Gasteiger partial charge in [0, 0.05) is 26.2 Å². The van der Waals surface area contributed by atoms with Gasteiger partial charge in [-0.1, -0.05) is 18.2 Å². The summed E-state index contributed by atoms with van der Waals surface area (Å²) in [6, 6.07) is 12.6. The summed E-state index contributed by atoms with van der Waals surface area (Å²) in [5.41, 5.74) is 2.17. The molecule has 0 aromatic heterocycles. The van der Waals surface area contributed by atoms with Crippen molar-refractivity contribution in [1.82, 2.24) is 4.31 Å². The number of ether oxygens (including phenoxy) is 1. The van der Waals surface area contributed by atoms with Crippen LogP contribution in [0.25, 0.3) is 0 Å². The molecule has 0 radical (unpaired) electrons. The first-order valence-corrected chi connectivity index (χ1v) is 10.2. The van der Waals surface area contributed by atoms with Gasteiger partial charge in [0.2, 0.25) is 15.9 Å². The predicted octanol–water partition coefficient (Wildman–Crippen LogP) is 3.35. The van der Waals surface area contributed by atoms with E-state index < -0.39 is 10.0 Å². The summed E-state index contributed by atoms with van der Waals surface area (Å²) in [5.74, 6) is 0.597. The summed E-state index contributed by atoms with van der Waals surface area (Å²) in [5, 5.41) is 2.82. The van der Waals surface area contributed by atoms with E-state index in [2.05, 4.69) is 5.32 Å².